The third kappa shape index (κ3) is 1.32. The predicted octanol–water partition coefficient (Wildman–Crippen LogP) is 2.18. The van der Waals surface area contributed by atoms with E-state index in [1.807, 2.05) is 30.3 Å². The maximum atomic E-state index is 11.0. The average molecular weight is 212 g/mol. The zero-order valence-corrected chi connectivity index (χ0v) is 8.31. The molecule has 0 saturated carbocycles. The Hall–Kier alpha value is -2.36. The first-order valence-corrected chi connectivity index (χ1v) is 4.86. The summed E-state index contributed by atoms with van der Waals surface area (Å²) < 4.78 is 4.73. The van der Waals surface area contributed by atoms with Crippen LogP contribution in [-0.4, -0.2) is 9.97 Å². The molecule has 0 aliphatic rings. The van der Waals surface area contributed by atoms with Crippen molar-refractivity contribution in [2.75, 3.05) is 0 Å². The molecule has 3 rings (SSSR count). The molecule has 78 valence electrons. The SMILES string of the molecule is O=c1[nH]c(-c2cccc3cccnc23)co1. The van der Waals surface area contributed by atoms with E-state index in [9.17, 15) is 4.79 Å². The molecule has 0 atom stereocenters. The molecule has 1 N–H and O–H groups in total. The summed E-state index contributed by atoms with van der Waals surface area (Å²) in [6.45, 7) is 0. The second-order valence-corrected chi connectivity index (χ2v) is 3.44. The number of hydrogen-bond acceptors (Lipinski definition) is 3. The number of hydrogen-bond donors (Lipinski definition) is 1. The molecule has 16 heavy (non-hydrogen) atoms. The van der Waals surface area contributed by atoms with Crippen LogP contribution < -0.4 is 5.76 Å². The van der Waals surface area contributed by atoms with E-state index in [0.29, 0.717) is 5.69 Å². The minimum atomic E-state index is -0.456. The van der Waals surface area contributed by atoms with E-state index >= 15 is 0 Å². The Morgan fingerprint density at radius 3 is 2.88 bits per heavy atom. The van der Waals surface area contributed by atoms with Crippen LogP contribution >= 0.6 is 0 Å². The Bertz CT molecular complexity index is 692. The first-order valence-electron chi connectivity index (χ1n) is 4.86. The Morgan fingerprint density at radius 1 is 1.19 bits per heavy atom. The number of aromatic nitrogens is 2. The molecule has 4 heteroatoms. The number of nitrogens with zero attached hydrogens (tertiary/aromatic N) is 1. The van der Waals surface area contributed by atoms with Gasteiger partial charge in [-0.3, -0.25) is 9.97 Å². The lowest BCUT2D eigenvalue weighted by Gasteiger charge is -2.01. The predicted molar refractivity (Wildman–Crippen MR) is 60.1 cm³/mol. The number of rotatable bonds is 1. The summed E-state index contributed by atoms with van der Waals surface area (Å²) in [5.74, 6) is -0.456. The van der Waals surface area contributed by atoms with E-state index in [1.165, 1.54) is 6.26 Å². The highest BCUT2D eigenvalue weighted by Crippen LogP contribution is 2.24. The highest BCUT2D eigenvalue weighted by molar-refractivity contribution is 5.92. The molecular weight excluding hydrogens is 204 g/mol. The maximum absolute atomic E-state index is 11.0. The Kier molecular flexibility index (Phi) is 1.86. The third-order valence-electron chi connectivity index (χ3n) is 2.44. The fraction of sp³-hybridized carbons (Fsp3) is 0. The van der Waals surface area contributed by atoms with Crippen LogP contribution in [0.2, 0.25) is 0 Å². The maximum Gasteiger partial charge on any atom is 0.416 e. The van der Waals surface area contributed by atoms with Crippen LogP contribution in [0.15, 0.2) is 52.0 Å². The number of benzene rings is 1. The summed E-state index contributed by atoms with van der Waals surface area (Å²) in [5.41, 5.74) is 2.36. The van der Waals surface area contributed by atoms with Crippen LogP contribution in [-0.2, 0) is 0 Å². The fourth-order valence-electron chi connectivity index (χ4n) is 1.73. The minimum absolute atomic E-state index is 0.456. The van der Waals surface area contributed by atoms with Gasteiger partial charge in [-0.05, 0) is 6.07 Å². The molecule has 4 nitrogen and oxygen atoms in total. The average Bonchev–Trinajstić information content (AvgIpc) is 2.75. The van der Waals surface area contributed by atoms with Gasteiger partial charge < -0.3 is 4.42 Å². The van der Waals surface area contributed by atoms with Gasteiger partial charge in [0.1, 0.15) is 6.26 Å². The van der Waals surface area contributed by atoms with Crippen molar-refractivity contribution in [3.63, 3.8) is 0 Å². The van der Waals surface area contributed by atoms with Crippen LogP contribution in [0.1, 0.15) is 0 Å². The van der Waals surface area contributed by atoms with Crippen LogP contribution in [0.3, 0.4) is 0 Å². The highest BCUT2D eigenvalue weighted by atomic mass is 16.4. The zero-order valence-electron chi connectivity index (χ0n) is 8.31. The van der Waals surface area contributed by atoms with Crippen LogP contribution in [0.4, 0.5) is 0 Å². The molecule has 2 heterocycles. The molecule has 0 saturated heterocycles. The summed E-state index contributed by atoms with van der Waals surface area (Å²) in [5, 5.41) is 1.03. The van der Waals surface area contributed by atoms with E-state index in [0.717, 1.165) is 16.5 Å². The first kappa shape index (κ1) is 8.91. The van der Waals surface area contributed by atoms with Crippen molar-refractivity contribution in [1.82, 2.24) is 9.97 Å². The standard InChI is InChI=1S/C12H8N2O2/c15-12-14-10(7-16-12)9-5-1-3-8-4-2-6-13-11(8)9/h1-7H,(H,14,15). The Morgan fingerprint density at radius 2 is 2.06 bits per heavy atom. The van der Waals surface area contributed by atoms with Crippen molar-refractivity contribution in [1.29, 1.82) is 0 Å². The van der Waals surface area contributed by atoms with Crippen molar-refractivity contribution in [2.45, 2.75) is 0 Å². The number of pyridine rings is 1. The van der Waals surface area contributed by atoms with Gasteiger partial charge in [-0.2, -0.15) is 0 Å². The van der Waals surface area contributed by atoms with Crippen LogP contribution in [0.25, 0.3) is 22.2 Å². The number of H-pyrrole nitrogens is 1. The minimum Gasteiger partial charge on any atom is -0.416 e. The van der Waals surface area contributed by atoms with E-state index in [-0.39, 0.29) is 0 Å². The molecule has 0 radical (unpaired) electrons. The Balaban J connectivity index is 2.35. The van der Waals surface area contributed by atoms with Gasteiger partial charge in [0.05, 0.1) is 11.2 Å². The monoisotopic (exact) mass is 212 g/mol. The van der Waals surface area contributed by atoms with Crippen molar-refractivity contribution >= 4 is 10.9 Å². The van der Waals surface area contributed by atoms with Crippen molar-refractivity contribution < 1.29 is 4.42 Å². The van der Waals surface area contributed by atoms with Gasteiger partial charge in [0.25, 0.3) is 0 Å². The summed E-state index contributed by atoms with van der Waals surface area (Å²) in [7, 11) is 0. The number of oxazole rings is 1. The number of fused-ring (bicyclic) bond motifs is 1. The molecule has 0 aliphatic carbocycles. The molecule has 2 aromatic heterocycles. The smallest absolute Gasteiger partial charge is 0.416 e. The van der Waals surface area contributed by atoms with Gasteiger partial charge >= 0.3 is 5.76 Å². The van der Waals surface area contributed by atoms with E-state index in [1.54, 1.807) is 6.20 Å². The molecule has 3 aromatic rings. The topological polar surface area (TPSA) is 58.9 Å². The van der Waals surface area contributed by atoms with Gasteiger partial charge in [-0.25, -0.2) is 4.79 Å². The van der Waals surface area contributed by atoms with Crippen molar-refractivity contribution in [2.24, 2.45) is 0 Å². The Labute approximate surface area is 90.6 Å². The molecular formula is C12H8N2O2. The molecule has 0 spiro atoms. The van der Waals surface area contributed by atoms with Gasteiger partial charge in [0, 0.05) is 17.1 Å². The van der Waals surface area contributed by atoms with Crippen molar-refractivity contribution in [3.05, 3.63) is 53.3 Å². The lowest BCUT2D eigenvalue weighted by Crippen LogP contribution is -1.95. The third-order valence-corrected chi connectivity index (χ3v) is 2.44. The van der Waals surface area contributed by atoms with Crippen molar-refractivity contribution in [3.8, 4) is 11.3 Å². The normalized spacial score (nSPS) is 10.8. The van der Waals surface area contributed by atoms with E-state index < -0.39 is 5.76 Å². The van der Waals surface area contributed by atoms with Gasteiger partial charge in [-0.1, -0.05) is 24.3 Å². The lowest BCUT2D eigenvalue weighted by molar-refractivity contribution is 0.515. The molecule has 0 amide bonds. The molecule has 1 aromatic carbocycles. The molecule has 0 unspecified atom stereocenters. The zero-order chi connectivity index (χ0) is 11.0. The number of nitrogens with one attached hydrogen (secondary N) is 1. The summed E-state index contributed by atoms with van der Waals surface area (Å²) in [4.78, 5) is 17.9. The van der Waals surface area contributed by atoms with Crippen LogP contribution in [0.5, 0.6) is 0 Å². The summed E-state index contributed by atoms with van der Waals surface area (Å²) in [6.07, 6.45) is 3.13. The van der Waals surface area contributed by atoms with Crippen LogP contribution in [0, 0.1) is 0 Å². The largest absolute Gasteiger partial charge is 0.416 e. The number of para-hydroxylation sites is 1. The van der Waals surface area contributed by atoms with E-state index in [2.05, 4.69) is 9.97 Å². The quantitative estimate of drug-likeness (QED) is 0.672. The number of aromatic amines is 1. The molecule has 0 bridgehead atoms. The lowest BCUT2D eigenvalue weighted by atomic mass is 10.1. The summed E-state index contributed by atoms with van der Waals surface area (Å²) >= 11 is 0. The van der Waals surface area contributed by atoms with E-state index in [4.69, 9.17) is 4.42 Å². The molecule has 0 fully saturated rings. The summed E-state index contributed by atoms with van der Waals surface area (Å²) in [6, 6.07) is 9.65. The second-order valence-electron chi connectivity index (χ2n) is 3.44. The van der Waals surface area contributed by atoms with Gasteiger partial charge in [0.15, 0.2) is 0 Å². The first-order chi connectivity index (χ1) is 7.84. The fourth-order valence-corrected chi connectivity index (χ4v) is 1.73. The second kappa shape index (κ2) is 3.34. The molecule has 0 aliphatic heterocycles. The van der Waals surface area contributed by atoms with Gasteiger partial charge in [0.2, 0.25) is 0 Å². The highest BCUT2D eigenvalue weighted by Gasteiger charge is 2.06. The van der Waals surface area contributed by atoms with Gasteiger partial charge in [-0.15, -0.1) is 0 Å².